The number of Topliss-reactive ketones (excluding diaryl/α,β-unsaturated/α-hetero) is 1. The summed E-state index contributed by atoms with van der Waals surface area (Å²) >= 11 is 0. The van der Waals surface area contributed by atoms with Gasteiger partial charge in [-0.1, -0.05) is 47.1 Å². The standard InChI is InChI=1S/C33H50O8/c1-16(2)17(3)26(35)27(36)18(4)21-9-10-22-25-23(34)14-19-13-20(40-29(38)28(37)30(5,6)39)11-12-32(19,8)33(25)24(41-33)15-31(21,22)7/h14,16-18,20-22,24-26,28,35,37,39H,9-13,15H2,1-8H3/t17-,18+,20+,21-,22+,24-,25-,26+,28?,31-,32+,33-/m1/s1. The van der Waals surface area contributed by atoms with E-state index in [9.17, 15) is 29.7 Å². The zero-order valence-electron chi connectivity index (χ0n) is 26.0. The number of esters is 1. The molecule has 0 aromatic rings. The Balaban J connectivity index is 1.37. The summed E-state index contributed by atoms with van der Waals surface area (Å²) < 4.78 is 12.2. The molecule has 5 rings (SSSR count). The molecule has 4 aliphatic carbocycles. The number of rotatable bonds is 8. The third kappa shape index (κ3) is 4.49. The number of fused-ring (bicyclic) bond motifs is 3. The van der Waals surface area contributed by atoms with Crippen LogP contribution in [0.25, 0.3) is 0 Å². The van der Waals surface area contributed by atoms with Crippen molar-refractivity contribution in [3.8, 4) is 0 Å². The topological polar surface area (TPSA) is 134 Å². The number of epoxide rings is 1. The minimum Gasteiger partial charge on any atom is -0.460 e. The van der Waals surface area contributed by atoms with Gasteiger partial charge < -0.3 is 24.8 Å². The van der Waals surface area contributed by atoms with Crippen LogP contribution >= 0.6 is 0 Å². The van der Waals surface area contributed by atoms with Crippen LogP contribution in [-0.4, -0.2) is 68.5 Å². The molecule has 1 aliphatic heterocycles. The fraction of sp³-hybridized carbons (Fsp3) is 0.848. The largest absolute Gasteiger partial charge is 0.460 e. The molecular formula is C33H50O8. The van der Waals surface area contributed by atoms with Crippen LogP contribution in [0, 0.1) is 46.3 Å². The maximum atomic E-state index is 13.9. The van der Waals surface area contributed by atoms with Gasteiger partial charge in [0.15, 0.2) is 17.7 Å². The van der Waals surface area contributed by atoms with Gasteiger partial charge in [-0.2, -0.15) is 0 Å². The van der Waals surface area contributed by atoms with E-state index < -0.39 is 35.5 Å². The summed E-state index contributed by atoms with van der Waals surface area (Å²) in [5, 5.41) is 31.0. The van der Waals surface area contributed by atoms with Crippen molar-refractivity contribution in [2.75, 3.05) is 0 Å². The van der Waals surface area contributed by atoms with Crippen LogP contribution in [0.3, 0.4) is 0 Å². The summed E-state index contributed by atoms with van der Waals surface area (Å²) in [5.74, 6) is -1.18. The fourth-order valence-corrected chi connectivity index (χ4v) is 9.39. The van der Waals surface area contributed by atoms with Crippen molar-refractivity contribution < 1.29 is 39.2 Å². The maximum absolute atomic E-state index is 13.9. The molecule has 1 heterocycles. The van der Waals surface area contributed by atoms with E-state index in [4.69, 9.17) is 9.47 Å². The van der Waals surface area contributed by atoms with Crippen LogP contribution in [0.4, 0.5) is 0 Å². The zero-order chi connectivity index (χ0) is 30.4. The molecule has 0 aromatic carbocycles. The first kappa shape index (κ1) is 30.8. The van der Waals surface area contributed by atoms with Gasteiger partial charge in [-0.05, 0) is 81.1 Å². The van der Waals surface area contributed by atoms with Crippen LogP contribution in [0.1, 0.15) is 93.9 Å². The number of hydrogen-bond acceptors (Lipinski definition) is 8. The number of ether oxygens (including phenoxy) is 2. The van der Waals surface area contributed by atoms with Crippen molar-refractivity contribution in [3.05, 3.63) is 11.6 Å². The number of aliphatic hydroxyl groups excluding tert-OH is 2. The Labute approximate surface area is 244 Å². The Hall–Kier alpha value is -1.61. The Morgan fingerprint density at radius 2 is 1.76 bits per heavy atom. The van der Waals surface area contributed by atoms with Crippen molar-refractivity contribution in [3.63, 3.8) is 0 Å². The van der Waals surface area contributed by atoms with Crippen molar-refractivity contribution in [2.45, 2.75) is 130 Å². The van der Waals surface area contributed by atoms with E-state index in [0.717, 1.165) is 24.8 Å². The average molecular weight is 575 g/mol. The van der Waals surface area contributed by atoms with Crippen LogP contribution in [-0.2, 0) is 23.9 Å². The molecule has 1 unspecified atom stereocenters. The minimum absolute atomic E-state index is 0.0625. The lowest BCUT2D eigenvalue weighted by atomic mass is 9.46. The first-order chi connectivity index (χ1) is 18.9. The van der Waals surface area contributed by atoms with E-state index in [0.29, 0.717) is 19.3 Å². The number of hydrogen-bond donors (Lipinski definition) is 3. The molecule has 3 saturated carbocycles. The highest BCUT2D eigenvalue weighted by molar-refractivity contribution is 5.96. The van der Waals surface area contributed by atoms with E-state index in [1.807, 2.05) is 27.7 Å². The van der Waals surface area contributed by atoms with Crippen molar-refractivity contribution >= 4 is 17.5 Å². The molecule has 0 radical (unpaired) electrons. The van der Waals surface area contributed by atoms with E-state index in [1.165, 1.54) is 13.8 Å². The highest BCUT2D eigenvalue weighted by Crippen LogP contribution is 2.75. The first-order valence-electron chi connectivity index (χ1n) is 15.7. The van der Waals surface area contributed by atoms with Gasteiger partial charge in [-0.25, -0.2) is 4.79 Å². The summed E-state index contributed by atoms with van der Waals surface area (Å²) in [4.78, 5) is 39.9. The van der Waals surface area contributed by atoms with Crippen LogP contribution in [0.2, 0.25) is 0 Å². The van der Waals surface area contributed by atoms with E-state index >= 15 is 0 Å². The summed E-state index contributed by atoms with van der Waals surface area (Å²) in [7, 11) is 0. The van der Waals surface area contributed by atoms with Crippen molar-refractivity contribution in [2.24, 2.45) is 46.3 Å². The number of carbonyl (C=O) groups is 3. The van der Waals surface area contributed by atoms with Crippen LogP contribution < -0.4 is 0 Å². The SMILES string of the molecule is CC(C)[C@@H](C)[C@H](O)C(=O)[C@@H](C)[C@H]1CC[C@H]2[C@@H]3C(=O)C=C4C[C@@H](OC(=O)C(O)C(C)(C)O)CC[C@]4(C)[C@]34O[C@@H]4C[C@]12C. The summed E-state index contributed by atoms with van der Waals surface area (Å²) in [6.45, 7) is 15.1. The molecule has 5 aliphatic rings. The molecule has 41 heavy (non-hydrogen) atoms. The molecule has 4 fully saturated rings. The second kappa shape index (κ2) is 9.96. The van der Waals surface area contributed by atoms with E-state index in [2.05, 4.69) is 13.8 Å². The highest BCUT2D eigenvalue weighted by Gasteiger charge is 2.80. The Bertz CT molecular complexity index is 1140. The quantitative estimate of drug-likeness (QED) is 0.295. The molecule has 0 amide bonds. The number of carbonyl (C=O) groups excluding carboxylic acids is 3. The summed E-state index contributed by atoms with van der Waals surface area (Å²) in [6.07, 6.45) is 2.76. The van der Waals surface area contributed by atoms with Gasteiger partial charge in [-0.3, -0.25) is 9.59 Å². The fourth-order valence-electron chi connectivity index (χ4n) is 9.39. The van der Waals surface area contributed by atoms with Crippen molar-refractivity contribution in [1.29, 1.82) is 0 Å². The maximum Gasteiger partial charge on any atom is 0.338 e. The molecule has 8 heteroatoms. The Kier molecular flexibility index (Phi) is 7.49. The van der Waals surface area contributed by atoms with Gasteiger partial charge in [0.05, 0.1) is 17.6 Å². The van der Waals surface area contributed by atoms with Crippen molar-refractivity contribution in [1.82, 2.24) is 0 Å². The highest BCUT2D eigenvalue weighted by atomic mass is 16.6. The van der Waals surface area contributed by atoms with E-state index in [1.54, 1.807) is 6.08 Å². The van der Waals surface area contributed by atoms with Gasteiger partial charge in [0, 0.05) is 17.8 Å². The monoisotopic (exact) mass is 574 g/mol. The average Bonchev–Trinajstić information content (AvgIpc) is 3.51. The molecule has 3 N–H and O–H groups in total. The van der Waals surface area contributed by atoms with Gasteiger partial charge in [-0.15, -0.1) is 0 Å². The van der Waals surface area contributed by atoms with Gasteiger partial charge >= 0.3 is 5.97 Å². The lowest BCUT2D eigenvalue weighted by Crippen LogP contribution is -2.60. The normalized spacial score (nSPS) is 42.6. The van der Waals surface area contributed by atoms with Crippen LogP contribution in [0.5, 0.6) is 0 Å². The minimum atomic E-state index is -1.65. The molecule has 0 bridgehead atoms. The lowest BCUT2D eigenvalue weighted by Gasteiger charge is -2.55. The third-order valence-corrected chi connectivity index (χ3v) is 12.4. The smallest absolute Gasteiger partial charge is 0.338 e. The Morgan fingerprint density at radius 3 is 2.37 bits per heavy atom. The zero-order valence-corrected chi connectivity index (χ0v) is 26.0. The molecule has 12 atom stereocenters. The second-order valence-electron chi connectivity index (χ2n) is 15.4. The molecule has 1 spiro atoms. The van der Waals surface area contributed by atoms with Crippen LogP contribution in [0.15, 0.2) is 11.6 Å². The summed E-state index contributed by atoms with van der Waals surface area (Å²) in [6, 6.07) is 0. The van der Waals surface area contributed by atoms with Gasteiger partial charge in [0.2, 0.25) is 0 Å². The van der Waals surface area contributed by atoms with E-state index in [-0.39, 0.29) is 64.0 Å². The molecular weight excluding hydrogens is 524 g/mol. The number of aliphatic hydroxyl groups is 3. The number of ketones is 2. The molecule has 230 valence electrons. The molecule has 0 aromatic heterocycles. The van der Waals surface area contributed by atoms with Gasteiger partial charge in [0.25, 0.3) is 0 Å². The number of allylic oxidation sites excluding steroid dienone is 1. The lowest BCUT2D eigenvalue weighted by molar-refractivity contribution is -0.173. The van der Waals surface area contributed by atoms with Gasteiger partial charge in [0.1, 0.15) is 17.8 Å². The molecule has 1 saturated heterocycles. The molecule has 8 nitrogen and oxygen atoms in total. The first-order valence-corrected chi connectivity index (χ1v) is 15.7. The Morgan fingerprint density at radius 1 is 1.10 bits per heavy atom. The summed E-state index contributed by atoms with van der Waals surface area (Å²) in [5.41, 5.74) is -1.84. The second-order valence-corrected chi connectivity index (χ2v) is 15.4. The predicted octanol–water partition coefficient (Wildman–Crippen LogP) is 3.78. The third-order valence-electron chi connectivity index (χ3n) is 12.4. The predicted molar refractivity (Wildman–Crippen MR) is 151 cm³/mol.